The second-order valence-corrected chi connectivity index (χ2v) is 9.42. The zero-order valence-electron chi connectivity index (χ0n) is 17.0. The maximum absolute atomic E-state index is 13.3. The number of hydrogen-bond donors (Lipinski definition) is 1. The Morgan fingerprint density at radius 3 is 2.39 bits per heavy atom. The molecule has 10 heteroatoms. The van der Waals surface area contributed by atoms with Gasteiger partial charge < -0.3 is 10.1 Å². The molecule has 0 fully saturated rings. The first-order chi connectivity index (χ1) is 14.6. The summed E-state index contributed by atoms with van der Waals surface area (Å²) in [4.78, 5) is 23.7. The van der Waals surface area contributed by atoms with Gasteiger partial charge in [-0.3, -0.25) is 9.10 Å². The van der Waals surface area contributed by atoms with Gasteiger partial charge in [0.05, 0.1) is 22.8 Å². The van der Waals surface area contributed by atoms with Crippen LogP contribution in [0.3, 0.4) is 0 Å². The smallest absolute Gasteiger partial charge is 0.338 e. The number of sulfonamides is 1. The standard InChI is InChI=1S/C21H22Cl2N2O5S/c1-4-11-25(17-8-6-16(22)7-9-17)31(28,29)19-12-15(5-10-18(19)23)21(27)30-13-20(26)24-14(2)3/h4-10,12,14H,1,11,13H2,2-3H3,(H,24,26). The second kappa shape index (κ2) is 10.7. The minimum absolute atomic E-state index is 0.0374. The van der Waals surface area contributed by atoms with Gasteiger partial charge in [0, 0.05) is 11.1 Å². The van der Waals surface area contributed by atoms with Crippen LogP contribution in [0.25, 0.3) is 0 Å². The number of carbonyl (C=O) groups excluding carboxylic acids is 2. The van der Waals surface area contributed by atoms with E-state index in [0.29, 0.717) is 10.7 Å². The van der Waals surface area contributed by atoms with Gasteiger partial charge in [-0.25, -0.2) is 13.2 Å². The van der Waals surface area contributed by atoms with Crippen LogP contribution < -0.4 is 9.62 Å². The largest absolute Gasteiger partial charge is 0.452 e. The molecular formula is C21H22Cl2N2O5S. The lowest BCUT2D eigenvalue weighted by Crippen LogP contribution is -2.34. The van der Waals surface area contributed by atoms with Gasteiger partial charge in [-0.2, -0.15) is 0 Å². The van der Waals surface area contributed by atoms with E-state index in [9.17, 15) is 18.0 Å². The summed E-state index contributed by atoms with van der Waals surface area (Å²) in [6.45, 7) is 6.61. The third-order valence-corrected chi connectivity index (χ3v) is 6.46. The minimum atomic E-state index is -4.16. The van der Waals surface area contributed by atoms with Crippen LogP contribution in [-0.4, -0.2) is 39.5 Å². The van der Waals surface area contributed by atoms with Crippen molar-refractivity contribution in [2.24, 2.45) is 0 Å². The highest BCUT2D eigenvalue weighted by atomic mass is 35.5. The zero-order valence-corrected chi connectivity index (χ0v) is 19.3. The average Bonchev–Trinajstić information content (AvgIpc) is 2.70. The molecule has 0 atom stereocenters. The monoisotopic (exact) mass is 484 g/mol. The van der Waals surface area contributed by atoms with Gasteiger partial charge in [0.2, 0.25) is 0 Å². The maximum Gasteiger partial charge on any atom is 0.338 e. The van der Waals surface area contributed by atoms with Crippen molar-refractivity contribution in [3.8, 4) is 0 Å². The molecule has 2 aromatic carbocycles. The number of esters is 1. The van der Waals surface area contributed by atoms with Crippen LogP contribution in [-0.2, 0) is 19.6 Å². The van der Waals surface area contributed by atoms with E-state index in [1.807, 2.05) is 0 Å². The molecule has 7 nitrogen and oxygen atoms in total. The summed E-state index contributed by atoms with van der Waals surface area (Å²) in [5.74, 6) is -1.32. The summed E-state index contributed by atoms with van der Waals surface area (Å²) in [6.07, 6.45) is 1.42. The van der Waals surface area contributed by atoms with Crippen molar-refractivity contribution in [1.82, 2.24) is 5.32 Å². The van der Waals surface area contributed by atoms with Gasteiger partial charge in [-0.05, 0) is 56.3 Å². The minimum Gasteiger partial charge on any atom is -0.452 e. The molecule has 1 amide bonds. The van der Waals surface area contributed by atoms with E-state index in [1.165, 1.54) is 18.2 Å². The molecule has 0 saturated carbocycles. The van der Waals surface area contributed by atoms with E-state index < -0.39 is 28.5 Å². The molecule has 166 valence electrons. The van der Waals surface area contributed by atoms with Crippen molar-refractivity contribution in [2.75, 3.05) is 17.5 Å². The summed E-state index contributed by atoms with van der Waals surface area (Å²) >= 11 is 12.1. The molecule has 2 aromatic rings. The normalized spacial score (nSPS) is 11.1. The predicted molar refractivity (Wildman–Crippen MR) is 121 cm³/mol. The molecular weight excluding hydrogens is 463 g/mol. The third-order valence-electron chi connectivity index (χ3n) is 3.93. The van der Waals surface area contributed by atoms with Crippen molar-refractivity contribution >= 4 is 50.8 Å². The Morgan fingerprint density at radius 2 is 1.81 bits per heavy atom. The van der Waals surface area contributed by atoms with Crippen LogP contribution in [0.1, 0.15) is 24.2 Å². The highest BCUT2D eigenvalue weighted by Gasteiger charge is 2.28. The Balaban J connectivity index is 2.35. The summed E-state index contributed by atoms with van der Waals surface area (Å²) in [5, 5.41) is 2.96. The lowest BCUT2D eigenvalue weighted by Gasteiger charge is -2.24. The highest BCUT2D eigenvalue weighted by Crippen LogP contribution is 2.30. The number of benzene rings is 2. The molecule has 0 spiro atoms. The van der Waals surface area contributed by atoms with Gasteiger partial charge in [-0.15, -0.1) is 6.58 Å². The number of carbonyl (C=O) groups is 2. The highest BCUT2D eigenvalue weighted by molar-refractivity contribution is 7.93. The van der Waals surface area contributed by atoms with E-state index in [2.05, 4.69) is 11.9 Å². The van der Waals surface area contributed by atoms with Crippen LogP contribution >= 0.6 is 23.2 Å². The Bertz CT molecular complexity index is 1070. The first-order valence-electron chi connectivity index (χ1n) is 9.21. The van der Waals surface area contributed by atoms with Crippen LogP contribution in [0.15, 0.2) is 60.0 Å². The quantitative estimate of drug-likeness (QED) is 0.427. The van der Waals surface area contributed by atoms with E-state index in [1.54, 1.807) is 38.1 Å². The molecule has 0 saturated heterocycles. The van der Waals surface area contributed by atoms with Crippen molar-refractivity contribution in [1.29, 1.82) is 0 Å². The second-order valence-electron chi connectivity index (χ2n) is 6.74. The van der Waals surface area contributed by atoms with Gasteiger partial charge in [0.1, 0.15) is 4.90 Å². The number of nitrogens with zero attached hydrogens (tertiary/aromatic N) is 1. The lowest BCUT2D eigenvalue weighted by atomic mass is 10.2. The Kier molecular flexibility index (Phi) is 8.50. The number of halogens is 2. The summed E-state index contributed by atoms with van der Waals surface area (Å²) in [5.41, 5.74) is 0.286. The number of hydrogen-bond acceptors (Lipinski definition) is 5. The lowest BCUT2D eigenvalue weighted by molar-refractivity contribution is -0.124. The first kappa shape index (κ1) is 24.7. The SMILES string of the molecule is C=CCN(c1ccc(Cl)cc1)S(=O)(=O)c1cc(C(=O)OCC(=O)NC(C)C)ccc1Cl. The predicted octanol–water partition coefficient (Wildman–Crippen LogP) is 4.06. The molecule has 0 radical (unpaired) electrons. The van der Waals surface area contributed by atoms with E-state index in [4.69, 9.17) is 27.9 Å². The molecule has 1 N–H and O–H groups in total. The van der Waals surface area contributed by atoms with Crippen LogP contribution in [0.4, 0.5) is 5.69 Å². The van der Waals surface area contributed by atoms with Gasteiger partial charge in [0.25, 0.3) is 15.9 Å². The van der Waals surface area contributed by atoms with E-state index in [-0.39, 0.29) is 28.1 Å². The van der Waals surface area contributed by atoms with Crippen molar-refractivity contribution in [2.45, 2.75) is 24.8 Å². The third kappa shape index (κ3) is 6.46. The topological polar surface area (TPSA) is 92.8 Å². The van der Waals surface area contributed by atoms with Gasteiger partial charge in [0.15, 0.2) is 6.61 Å². The molecule has 2 rings (SSSR count). The molecule has 0 unspecified atom stereocenters. The molecule has 31 heavy (non-hydrogen) atoms. The number of nitrogens with one attached hydrogen (secondary N) is 1. The van der Waals surface area contributed by atoms with Gasteiger partial charge in [-0.1, -0.05) is 29.3 Å². The molecule has 0 bridgehead atoms. The fourth-order valence-corrected chi connectivity index (χ4v) is 4.66. The van der Waals surface area contributed by atoms with Crippen molar-refractivity contribution in [3.05, 3.63) is 70.7 Å². The number of rotatable bonds is 9. The van der Waals surface area contributed by atoms with Crippen LogP contribution in [0.2, 0.25) is 10.0 Å². The van der Waals surface area contributed by atoms with Crippen LogP contribution in [0.5, 0.6) is 0 Å². The van der Waals surface area contributed by atoms with E-state index >= 15 is 0 Å². The fourth-order valence-electron chi connectivity index (χ4n) is 2.59. The maximum atomic E-state index is 13.3. The zero-order chi connectivity index (χ0) is 23.2. The summed E-state index contributed by atoms with van der Waals surface area (Å²) < 4.78 is 32.7. The molecule has 0 aromatic heterocycles. The van der Waals surface area contributed by atoms with Crippen molar-refractivity contribution < 1.29 is 22.7 Å². The Hall–Kier alpha value is -2.55. The van der Waals surface area contributed by atoms with Crippen molar-refractivity contribution in [3.63, 3.8) is 0 Å². The van der Waals surface area contributed by atoms with Crippen LogP contribution in [0, 0.1) is 0 Å². The summed E-state index contributed by atoms with van der Waals surface area (Å²) in [6, 6.07) is 9.82. The molecule has 0 aliphatic heterocycles. The molecule has 0 heterocycles. The first-order valence-corrected chi connectivity index (χ1v) is 11.4. The summed E-state index contributed by atoms with van der Waals surface area (Å²) in [7, 11) is -4.16. The number of anilines is 1. The Labute approximate surface area is 191 Å². The molecule has 0 aliphatic rings. The number of amides is 1. The average molecular weight is 485 g/mol. The van der Waals surface area contributed by atoms with Gasteiger partial charge >= 0.3 is 5.97 Å². The molecule has 0 aliphatic carbocycles. The van der Waals surface area contributed by atoms with E-state index in [0.717, 1.165) is 10.4 Å². The number of ether oxygens (including phenoxy) is 1. The fraction of sp³-hybridized carbons (Fsp3) is 0.238. The Morgan fingerprint density at radius 1 is 1.16 bits per heavy atom.